The second kappa shape index (κ2) is 9.10. The minimum absolute atomic E-state index is 0.0237. The molecule has 1 fully saturated rings. The van der Waals surface area contributed by atoms with Crippen LogP contribution >= 0.6 is 0 Å². The molecule has 0 amide bonds. The van der Waals surface area contributed by atoms with Gasteiger partial charge in [0.25, 0.3) is 0 Å². The smallest absolute Gasteiger partial charge is 0.231 e. The Morgan fingerprint density at radius 1 is 1.32 bits per heavy atom. The van der Waals surface area contributed by atoms with E-state index in [1.54, 1.807) is 6.92 Å². The van der Waals surface area contributed by atoms with Gasteiger partial charge in [0.1, 0.15) is 5.78 Å². The van der Waals surface area contributed by atoms with Crippen molar-refractivity contribution in [3.8, 4) is 11.5 Å². The lowest BCUT2D eigenvalue weighted by atomic mass is 9.91. The Bertz CT molecular complexity index is 740. The summed E-state index contributed by atoms with van der Waals surface area (Å²) in [4.78, 5) is 14.1. The van der Waals surface area contributed by atoms with E-state index < -0.39 is 0 Å². The third kappa shape index (κ3) is 4.95. The number of fused-ring (bicyclic) bond motifs is 1. The lowest BCUT2D eigenvalue weighted by molar-refractivity contribution is -0.118. The third-order valence-corrected chi connectivity index (χ3v) is 5.61. The quantitative estimate of drug-likeness (QED) is 0.689. The van der Waals surface area contributed by atoms with Crippen molar-refractivity contribution in [2.45, 2.75) is 71.4 Å². The monoisotopic (exact) mass is 386 g/mol. The van der Waals surface area contributed by atoms with E-state index in [2.05, 4.69) is 43.9 Å². The number of carbonyl (C=O) groups is 1. The number of Topliss-reactive ketones (excluding diaryl/α,β-unsaturated/α-hetero) is 1. The van der Waals surface area contributed by atoms with Crippen LogP contribution in [0.5, 0.6) is 11.5 Å². The average molecular weight is 387 g/mol. The molecular formula is C23H34N2O3. The lowest BCUT2D eigenvalue weighted by Gasteiger charge is -2.24. The lowest BCUT2D eigenvalue weighted by Crippen LogP contribution is -2.37. The number of ether oxygens (including phenoxy) is 2. The Labute approximate surface area is 168 Å². The Balaban J connectivity index is 1.81. The first-order chi connectivity index (χ1) is 13.4. The van der Waals surface area contributed by atoms with Crippen LogP contribution in [0.2, 0.25) is 0 Å². The molecule has 2 aliphatic rings. The van der Waals surface area contributed by atoms with Crippen LogP contribution in [0.3, 0.4) is 0 Å². The van der Waals surface area contributed by atoms with Crippen molar-refractivity contribution in [3.63, 3.8) is 0 Å². The summed E-state index contributed by atoms with van der Waals surface area (Å²) in [5, 5.41) is 0. The number of nitrogens with zero attached hydrogens (tertiary/aromatic N) is 1. The summed E-state index contributed by atoms with van der Waals surface area (Å²) in [6.07, 6.45) is 6.07. The van der Waals surface area contributed by atoms with Crippen LogP contribution in [0.1, 0.15) is 64.0 Å². The van der Waals surface area contributed by atoms with E-state index in [4.69, 9.17) is 15.2 Å². The fourth-order valence-corrected chi connectivity index (χ4v) is 4.56. The van der Waals surface area contributed by atoms with E-state index in [-0.39, 0.29) is 11.8 Å². The molecular weight excluding hydrogens is 352 g/mol. The van der Waals surface area contributed by atoms with Crippen LogP contribution < -0.4 is 15.2 Å². The second-order valence-corrected chi connectivity index (χ2v) is 8.53. The molecule has 1 aromatic rings. The van der Waals surface area contributed by atoms with Gasteiger partial charge in [-0.1, -0.05) is 31.1 Å². The van der Waals surface area contributed by atoms with Crippen molar-refractivity contribution < 1.29 is 14.3 Å². The summed E-state index contributed by atoms with van der Waals surface area (Å²) in [6, 6.07) is 4.76. The van der Waals surface area contributed by atoms with Crippen molar-refractivity contribution in [1.82, 2.24) is 4.90 Å². The molecule has 2 aliphatic heterocycles. The molecule has 0 saturated carbocycles. The summed E-state index contributed by atoms with van der Waals surface area (Å²) in [6.45, 7) is 9.68. The van der Waals surface area contributed by atoms with Crippen LogP contribution in [0.15, 0.2) is 23.8 Å². The van der Waals surface area contributed by atoms with Crippen LogP contribution in [-0.2, 0) is 11.2 Å². The number of hydrogen-bond acceptors (Lipinski definition) is 5. The number of rotatable bonds is 8. The van der Waals surface area contributed by atoms with Crippen LogP contribution in [0.25, 0.3) is 0 Å². The van der Waals surface area contributed by atoms with Gasteiger partial charge in [-0.2, -0.15) is 0 Å². The Hall–Kier alpha value is -1.85. The first-order valence-corrected chi connectivity index (χ1v) is 10.4. The molecule has 2 unspecified atom stereocenters. The summed E-state index contributed by atoms with van der Waals surface area (Å²) in [5.41, 5.74) is 10.1. The first kappa shape index (κ1) is 20.9. The average Bonchev–Trinajstić information content (AvgIpc) is 3.21. The van der Waals surface area contributed by atoms with Crippen LogP contribution in [-0.4, -0.2) is 42.6 Å². The number of nitrogens with two attached hydrogens (primary N) is 1. The highest BCUT2D eigenvalue weighted by Gasteiger charge is 2.35. The number of likely N-dealkylation sites (tertiary alicyclic amines) is 1. The Morgan fingerprint density at radius 3 is 2.79 bits per heavy atom. The number of allylic oxidation sites excluding steroid dienone is 1. The molecule has 1 saturated heterocycles. The standard InChI is InChI=1S/C23H34N2O3/c1-5-6-17-8-18(10-22-23(17)28-14-27-22)19-9-21(11-20(24)7-15(2)3)25(13-19)12-16(4)26/h7-8,10,19-21H,5-6,9,11-14,24H2,1-4H3/t19?,20?,21-/m1/s1. The van der Waals surface area contributed by atoms with Gasteiger partial charge in [0.05, 0.1) is 6.54 Å². The maximum Gasteiger partial charge on any atom is 0.231 e. The van der Waals surface area contributed by atoms with E-state index in [1.807, 2.05) is 0 Å². The first-order valence-electron chi connectivity index (χ1n) is 10.4. The van der Waals surface area contributed by atoms with Gasteiger partial charge in [0, 0.05) is 18.6 Å². The molecule has 5 nitrogen and oxygen atoms in total. The largest absolute Gasteiger partial charge is 0.454 e. The molecule has 5 heteroatoms. The van der Waals surface area contributed by atoms with Gasteiger partial charge < -0.3 is 15.2 Å². The molecule has 3 rings (SSSR count). The molecule has 0 bridgehead atoms. The molecule has 2 N–H and O–H groups in total. The Kier molecular flexibility index (Phi) is 6.78. The van der Waals surface area contributed by atoms with E-state index >= 15 is 0 Å². The highest BCUT2D eigenvalue weighted by atomic mass is 16.7. The molecule has 28 heavy (non-hydrogen) atoms. The molecule has 154 valence electrons. The van der Waals surface area contributed by atoms with E-state index in [1.165, 1.54) is 16.7 Å². The van der Waals surface area contributed by atoms with E-state index in [0.29, 0.717) is 25.3 Å². The van der Waals surface area contributed by atoms with Crippen molar-refractivity contribution in [2.24, 2.45) is 5.73 Å². The number of carbonyl (C=O) groups excluding carboxylic acids is 1. The molecule has 1 aromatic carbocycles. The predicted octanol–water partition coefficient (Wildman–Crippen LogP) is 3.80. The maximum atomic E-state index is 11.8. The van der Waals surface area contributed by atoms with Crippen molar-refractivity contribution in [3.05, 3.63) is 34.9 Å². The minimum atomic E-state index is 0.0237. The highest BCUT2D eigenvalue weighted by molar-refractivity contribution is 5.77. The topological polar surface area (TPSA) is 64.8 Å². The van der Waals surface area contributed by atoms with E-state index in [0.717, 1.165) is 43.7 Å². The summed E-state index contributed by atoms with van der Waals surface area (Å²) >= 11 is 0. The molecule has 0 spiro atoms. The normalized spacial score (nSPS) is 22.3. The van der Waals surface area contributed by atoms with Crippen molar-refractivity contribution >= 4 is 5.78 Å². The molecule has 2 heterocycles. The summed E-state index contributed by atoms with van der Waals surface area (Å²) < 4.78 is 11.4. The number of benzene rings is 1. The summed E-state index contributed by atoms with van der Waals surface area (Å²) in [5.74, 6) is 2.36. The molecule has 0 aromatic heterocycles. The SMILES string of the molecule is CCCc1cc(C2C[C@H](CC(N)C=C(C)C)N(CC(C)=O)C2)cc2c1OCO2. The fourth-order valence-electron chi connectivity index (χ4n) is 4.56. The zero-order valence-electron chi connectivity index (χ0n) is 17.7. The predicted molar refractivity (Wildman–Crippen MR) is 112 cm³/mol. The van der Waals surface area contributed by atoms with Crippen LogP contribution in [0, 0.1) is 0 Å². The zero-order chi connectivity index (χ0) is 20.3. The van der Waals surface area contributed by atoms with Gasteiger partial charge in [-0.3, -0.25) is 9.69 Å². The Morgan fingerprint density at radius 2 is 2.11 bits per heavy atom. The number of ketones is 1. The minimum Gasteiger partial charge on any atom is -0.454 e. The van der Waals surface area contributed by atoms with Crippen LogP contribution in [0.4, 0.5) is 0 Å². The zero-order valence-corrected chi connectivity index (χ0v) is 17.7. The fraction of sp³-hybridized carbons (Fsp3) is 0.609. The second-order valence-electron chi connectivity index (χ2n) is 8.53. The van der Waals surface area contributed by atoms with Crippen molar-refractivity contribution in [2.75, 3.05) is 19.9 Å². The molecule has 3 atom stereocenters. The molecule has 0 radical (unpaired) electrons. The summed E-state index contributed by atoms with van der Waals surface area (Å²) in [7, 11) is 0. The third-order valence-electron chi connectivity index (χ3n) is 5.61. The van der Waals surface area contributed by atoms with Gasteiger partial charge in [-0.05, 0) is 63.1 Å². The van der Waals surface area contributed by atoms with E-state index in [9.17, 15) is 4.79 Å². The highest BCUT2D eigenvalue weighted by Crippen LogP contribution is 2.42. The van der Waals surface area contributed by atoms with Gasteiger partial charge in [0.15, 0.2) is 11.5 Å². The molecule has 0 aliphatic carbocycles. The number of aryl methyl sites for hydroxylation is 1. The van der Waals surface area contributed by atoms with Gasteiger partial charge in [-0.15, -0.1) is 0 Å². The maximum absolute atomic E-state index is 11.8. The van der Waals surface area contributed by atoms with Gasteiger partial charge in [-0.25, -0.2) is 0 Å². The van der Waals surface area contributed by atoms with Gasteiger partial charge in [0.2, 0.25) is 6.79 Å². The number of hydrogen-bond donors (Lipinski definition) is 1. The van der Waals surface area contributed by atoms with Gasteiger partial charge >= 0.3 is 0 Å². The van der Waals surface area contributed by atoms with Crippen molar-refractivity contribution in [1.29, 1.82) is 0 Å².